The van der Waals surface area contributed by atoms with E-state index >= 15 is 0 Å². The van der Waals surface area contributed by atoms with E-state index in [1.807, 2.05) is 6.92 Å². The summed E-state index contributed by atoms with van der Waals surface area (Å²) in [5.74, 6) is -0.227. The number of hydrogen-bond acceptors (Lipinski definition) is 3. The van der Waals surface area contributed by atoms with E-state index in [9.17, 15) is 4.79 Å². The highest BCUT2D eigenvalue weighted by atomic mass is 31.1. The van der Waals surface area contributed by atoms with Gasteiger partial charge in [0.25, 0.3) is 0 Å². The Hall–Kier alpha value is -0.140. The molecule has 0 aromatic rings. The van der Waals surface area contributed by atoms with Crippen molar-refractivity contribution in [3.63, 3.8) is 0 Å². The highest BCUT2D eigenvalue weighted by Gasteiger charge is 2.35. The average molecular weight is 262 g/mol. The largest absolute Gasteiger partial charge is 0.419 e. The van der Waals surface area contributed by atoms with Gasteiger partial charge in [-0.25, -0.2) is 0 Å². The van der Waals surface area contributed by atoms with Gasteiger partial charge in [0.15, 0.2) is 0 Å². The van der Waals surface area contributed by atoms with Crippen molar-refractivity contribution in [2.45, 2.75) is 54.9 Å². The predicted molar refractivity (Wildman–Crippen MR) is 73.1 cm³/mol. The van der Waals surface area contributed by atoms with E-state index in [1.165, 1.54) is 0 Å². The second-order valence-corrected chi connectivity index (χ2v) is 7.28. The first-order valence-electron chi connectivity index (χ1n) is 6.15. The summed E-state index contributed by atoms with van der Waals surface area (Å²) in [6.07, 6.45) is 0.825. The molecule has 3 nitrogen and oxygen atoms in total. The minimum atomic E-state index is -0.179. The first-order chi connectivity index (χ1) is 7.58. The third kappa shape index (κ3) is 7.72. The maximum absolute atomic E-state index is 12.0. The van der Waals surface area contributed by atoms with E-state index in [2.05, 4.69) is 41.5 Å². The summed E-state index contributed by atoms with van der Waals surface area (Å²) in [6, 6.07) is 0. The highest BCUT2D eigenvalue weighted by Crippen LogP contribution is 2.38. The smallest absolute Gasteiger partial charge is 0.313 e. The van der Waals surface area contributed by atoms with Crippen LogP contribution in [-0.2, 0) is 13.8 Å². The standard InChI is InChI=1S/C13H27O3P/c1-8-15-17-16-11(14)10(13(5,6)7)9-12(2,3)4/h10,17H,8-9H2,1-7H3. The molecule has 0 heterocycles. The molecule has 0 saturated heterocycles. The summed E-state index contributed by atoms with van der Waals surface area (Å²) in [7, 11) is -0.179. The molecular weight excluding hydrogens is 235 g/mol. The van der Waals surface area contributed by atoms with Gasteiger partial charge in [0.1, 0.15) is 0 Å². The summed E-state index contributed by atoms with van der Waals surface area (Å²) < 4.78 is 10.3. The molecule has 0 aliphatic heterocycles. The van der Waals surface area contributed by atoms with E-state index in [0.29, 0.717) is 6.61 Å². The van der Waals surface area contributed by atoms with Crippen LogP contribution in [0.15, 0.2) is 0 Å². The lowest BCUT2D eigenvalue weighted by atomic mass is 9.72. The van der Waals surface area contributed by atoms with Gasteiger partial charge in [0.2, 0.25) is 9.03 Å². The van der Waals surface area contributed by atoms with Crippen LogP contribution in [-0.4, -0.2) is 12.6 Å². The zero-order chi connectivity index (χ0) is 13.7. The normalized spacial score (nSPS) is 15.2. The van der Waals surface area contributed by atoms with Crippen molar-refractivity contribution in [3.8, 4) is 0 Å². The Kier molecular flexibility index (Phi) is 6.65. The van der Waals surface area contributed by atoms with E-state index in [-0.39, 0.29) is 31.8 Å². The second kappa shape index (κ2) is 6.70. The summed E-state index contributed by atoms with van der Waals surface area (Å²) >= 11 is 0. The molecule has 0 aliphatic rings. The third-order valence-electron chi connectivity index (χ3n) is 2.49. The Morgan fingerprint density at radius 2 is 1.71 bits per heavy atom. The maximum atomic E-state index is 12.0. The summed E-state index contributed by atoms with van der Waals surface area (Å²) in [4.78, 5) is 12.0. The van der Waals surface area contributed by atoms with Crippen molar-refractivity contribution < 1.29 is 13.8 Å². The highest BCUT2D eigenvalue weighted by molar-refractivity contribution is 7.27. The van der Waals surface area contributed by atoms with Gasteiger partial charge in [-0.05, 0) is 24.2 Å². The topological polar surface area (TPSA) is 35.5 Å². The van der Waals surface area contributed by atoms with Crippen LogP contribution in [0.1, 0.15) is 54.9 Å². The van der Waals surface area contributed by atoms with E-state index in [0.717, 1.165) is 6.42 Å². The number of rotatable bonds is 5. The fraction of sp³-hybridized carbons (Fsp3) is 0.923. The Labute approximate surface area is 108 Å². The minimum absolute atomic E-state index is 0.0823. The van der Waals surface area contributed by atoms with Gasteiger partial charge in [0.05, 0.1) is 12.5 Å². The number of carbonyl (C=O) groups excluding carboxylic acids is 1. The lowest BCUT2D eigenvalue weighted by molar-refractivity contribution is -0.143. The molecule has 2 atom stereocenters. The van der Waals surface area contributed by atoms with Crippen molar-refractivity contribution in [2.75, 3.05) is 6.61 Å². The third-order valence-corrected chi connectivity index (χ3v) is 3.18. The molecule has 0 fully saturated rings. The van der Waals surface area contributed by atoms with Crippen molar-refractivity contribution in [3.05, 3.63) is 0 Å². The Balaban J connectivity index is 4.54. The Bertz CT molecular complexity index is 238. The summed E-state index contributed by atoms with van der Waals surface area (Å²) in [5, 5.41) is 0. The lowest BCUT2D eigenvalue weighted by Gasteiger charge is -2.33. The molecule has 0 rings (SSSR count). The van der Waals surface area contributed by atoms with Crippen molar-refractivity contribution in [2.24, 2.45) is 16.7 Å². The van der Waals surface area contributed by atoms with Crippen LogP contribution in [0.25, 0.3) is 0 Å². The minimum Gasteiger partial charge on any atom is -0.419 e. The fourth-order valence-corrected chi connectivity index (χ4v) is 1.96. The molecule has 2 unspecified atom stereocenters. The molecule has 0 N–H and O–H groups in total. The van der Waals surface area contributed by atoms with Crippen molar-refractivity contribution in [1.82, 2.24) is 0 Å². The first kappa shape index (κ1) is 16.9. The van der Waals surface area contributed by atoms with Gasteiger partial charge in [-0.15, -0.1) is 0 Å². The molecule has 102 valence electrons. The molecule has 17 heavy (non-hydrogen) atoms. The molecule has 0 aromatic carbocycles. The number of hydrogen-bond donors (Lipinski definition) is 0. The predicted octanol–water partition coefficient (Wildman–Crippen LogP) is 4.17. The Morgan fingerprint density at radius 3 is 2.06 bits per heavy atom. The van der Waals surface area contributed by atoms with Crippen LogP contribution >= 0.6 is 9.03 Å². The van der Waals surface area contributed by atoms with Crippen molar-refractivity contribution in [1.29, 1.82) is 0 Å². The fourth-order valence-electron chi connectivity index (χ4n) is 1.56. The lowest BCUT2D eigenvalue weighted by Crippen LogP contribution is -2.32. The zero-order valence-electron chi connectivity index (χ0n) is 12.2. The van der Waals surface area contributed by atoms with Crippen LogP contribution in [0.5, 0.6) is 0 Å². The summed E-state index contributed by atoms with van der Waals surface area (Å²) in [6.45, 7) is 15.1. The van der Waals surface area contributed by atoms with Gasteiger partial charge in [-0.3, -0.25) is 4.79 Å². The molecular formula is C13H27O3P. The zero-order valence-corrected chi connectivity index (χ0v) is 13.2. The van der Waals surface area contributed by atoms with E-state index < -0.39 is 0 Å². The number of carbonyl (C=O) groups is 1. The van der Waals surface area contributed by atoms with Gasteiger partial charge in [-0.2, -0.15) is 0 Å². The Morgan fingerprint density at radius 1 is 1.18 bits per heavy atom. The molecule has 0 radical (unpaired) electrons. The molecule has 0 saturated carbocycles. The van der Waals surface area contributed by atoms with E-state index in [1.54, 1.807) is 0 Å². The molecule has 0 amide bonds. The van der Waals surface area contributed by atoms with Crippen molar-refractivity contribution >= 4 is 15.0 Å². The monoisotopic (exact) mass is 262 g/mol. The van der Waals surface area contributed by atoms with Gasteiger partial charge in [-0.1, -0.05) is 41.5 Å². The van der Waals surface area contributed by atoms with Crippen LogP contribution in [0, 0.1) is 16.7 Å². The van der Waals surface area contributed by atoms with Gasteiger partial charge >= 0.3 is 5.97 Å². The average Bonchev–Trinajstić information content (AvgIpc) is 2.11. The van der Waals surface area contributed by atoms with Crippen LogP contribution in [0.4, 0.5) is 0 Å². The first-order valence-corrected chi connectivity index (χ1v) is 6.97. The van der Waals surface area contributed by atoms with Crippen LogP contribution in [0.3, 0.4) is 0 Å². The molecule has 0 spiro atoms. The van der Waals surface area contributed by atoms with Crippen LogP contribution in [0.2, 0.25) is 0 Å². The second-order valence-electron chi connectivity index (χ2n) is 6.62. The molecule has 0 aromatic heterocycles. The quantitative estimate of drug-likeness (QED) is 0.551. The van der Waals surface area contributed by atoms with E-state index in [4.69, 9.17) is 9.05 Å². The van der Waals surface area contributed by atoms with Crippen LogP contribution < -0.4 is 0 Å². The SMILES string of the molecule is CCOPOC(=O)C(CC(C)(C)C)C(C)(C)C. The maximum Gasteiger partial charge on any atom is 0.313 e. The summed E-state index contributed by atoms with van der Waals surface area (Å²) in [5.41, 5.74) is 0.0345. The van der Waals surface area contributed by atoms with Gasteiger partial charge < -0.3 is 9.05 Å². The molecule has 4 heteroatoms. The van der Waals surface area contributed by atoms with Gasteiger partial charge in [0, 0.05) is 0 Å². The molecule has 0 bridgehead atoms. The molecule has 0 aliphatic carbocycles.